The number of aryl methyl sites for hydroxylation is 2. The highest BCUT2D eigenvalue weighted by atomic mass is 19.4. The molecule has 1 aromatic carbocycles. The first kappa shape index (κ1) is 28.8. The average molecular weight is 588 g/mol. The highest BCUT2D eigenvalue weighted by molar-refractivity contribution is 5.96. The summed E-state index contributed by atoms with van der Waals surface area (Å²) in [6.45, 7) is 3.19. The summed E-state index contributed by atoms with van der Waals surface area (Å²) >= 11 is 0. The molecule has 0 N–H and O–H groups in total. The van der Waals surface area contributed by atoms with E-state index >= 15 is 0 Å². The minimum atomic E-state index is -4.80. The summed E-state index contributed by atoms with van der Waals surface area (Å²) in [4.78, 5) is 25.4. The van der Waals surface area contributed by atoms with Crippen LogP contribution in [-0.2, 0) is 32.6 Å². The third-order valence-corrected chi connectivity index (χ3v) is 6.85. The molecule has 0 aliphatic rings. The van der Waals surface area contributed by atoms with Gasteiger partial charge in [-0.15, -0.1) is 0 Å². The number of fused-ring (bicyclic) bond motifs is 1. The van der Waals surface area contributed by atoms with Crippen LogP contribution in [-0.4, -0.2) is 24.1 Å². The van der Waals surface area contributed by atoms with Gasteiger partial charge in [0.25, 0.3) is 5.56 Å². The number of hydrogen-bond acceptors (Lipinski definition) is 5. The first-order valence-corrected chi connectivity index (χ1v) is 12.6. The Morgan fingerprint density at radius 3 is 2.40 bits per heavy atom. The highest BCUT2D eigenvalue weighted by Gasteiger charge is 2.36. The van der Waals surface area contributed by atoms with E-state index in [2.05, 4.69) is 15.0 Å². The Kier molecular flexibility index (Phi) is 7.29. The maximum atomic E-state index is 13.4. The van der Waals surface area contributed by atoms with E-state index in [4.69, 9.17) is 4.74 Å². The minimum absolute atomic E-state index is 0.0621. The summed E-state index contributed by atoms with van der Waals surface area (Å²) in [6.07, 6.45) is -5.85. The number of hydrogen-bond donors (Lipinski definition) is 0. The van der Waals surface area contributed by atoms with E-state index in [0.717, 1.165) is 33.0 Å². The van der Waals surface area contributed by atoms with Crippen molar-refractivity contribution in [3.05, 3.63) is 105 Å². The fourth-order valence-corrected chi connectivity index (χ4v) is 4.74. The molecule has 4 heterocycles. The number of aromatic nitrogens is 5. The van der Waals surface area contributed by atoms with Gasteiger partial charge in [-0.1, -0.05) is 12.1 Å². The quantitative estimate of drug-likeness (QED) is 0.213. The first-order chi connectivity index (χ1) is 19.8. The second-order valence-electron chi connectivity index (χ2n) is 9.68. The lowest BCUT2D eigenvalue weighted by molar-refractivity contribution is -0.143. The second-order valence-corrected chi connectivity index (χ2v) is 9.68. The molecule has 4 aromatic heterocycles. The van der Waals surface area contributed by atoms with Crippen LogP contribution in [0.2, 0.25) is 0 Å². The maximum absolute atomic E-state index is 13.4. The van der Waals surface area contributed by atoms with Crippen molar-refractivity contribution in [2.24, 2.45) is 7.05 Å². The largest absolute Gasteiger partial charge is 0.487 e. The molecule has 0 radical (unpaired) electrons. The molecule has 0 spiro atoms. The molecular weight excluding hydrogens is 564 g/mol. The van der Waals surface area contributed by atoms with Crippen LogP contribution in [0.5, 0.6) is 5.75 Å². The van der Waals surface area contributed by atoms with Crippen molar-refractivity contribution in [1.29, 1.82) is 0 Å². The molecule has 0 bridgehead atoms. The van der Waals surface area contributed by atoms with E-state index < -0.39 is 29.2 Å². The van der Waals surface area contributed by atoms with Crippen LogP contribution in [0, 0.1) is 13.8 Å². The van der Waals surface area contributed by atoms with Gasteiger partial charge in [0.05, 0.1) is 18.4 Å². The van der Waals surface area contributed by atoms with Crippen LogP contribution in [0.1, 0.15) is 33.8 Å². The Bertz CT molecular complexity index is 1860. The molecule has 0 saturated heterocycles. The van der Waals surface area contributed by atoms with Gasteiger partial charge >= 0.3 is 12.4 Å². The highest BCUT2D eigenvalue weighted by Crippen LogP contribution is 2.36. The van der Waals surface area contributed by atoms with E-state index in [1.807, 2.05) is 0 Å². The van der Waals surface area contributed by atoms with Gasteiger partial charge in [-0.3, -0.25) is 9.78 Å². The molecule has 13 heteroatoms. The van der Waals surface area contributed by atoms with Crippen molar-refractivity contribution in [2.75, 3.05) is 0 Å². The number of imidazole rings is 1. The SMILES string of the molecule is Cc1cc(-c2ncc(C(F)(F)F)n2C)c2cccc(OCc3c(C)ccnc3Cn3cccc(C(F)(F)F)c3=O)c2n1. The molecule has 7 nitrogen and oxygen atoms in total. The van der Waals surface area contributed by atoms with E-state index in [0.29, 0.717) is 39.2 Å². The molecule has 42 heavy (non-hydrogen) atoms. The Morgan fingerprint density at radius 1 is 0.952 bits per heavy atom. The number of nitrogens with zero attached hydrogens (tertiary/aromatic N) is 5. The fourth-order valence-electron chi connectivity index (χ4n) is 4.74. The molecule has 5 aromatic rings. The van der Waals surface area contributed by atoms with Crippen molar-refractivity contribution in [3.63, 3.8) is 0 Å². The average Bonchev–Trinajstić information content (AvgIpc) is 3.30. The lowest BCUT2D eigenvalue weighted by atomic mass is 10.1. The van der Waals surface area contributed by atoms with Crippen LogP contribution in [0.25, 0.3) is 22.3 Å². The standard InChI is InChI=1S/C29H23F6N5O2/c1-16-9-10-36-22(14-40-11-5-7-21(27(40)41)28(30,31)32)20(16)15-42-23-8-4-6-18-19(12-17(2)38-25(18)23)26-37-13-24(39(26)3)29(33,34)35/h4-13H,14-15H2,1-3H3. The van der Waals surface area contributed by atoms with Crippen molar-refractivity contribution in [3.8, 4) is 17.1 Å². The van der Waals surface area contributed by atoms with Crippen molar-refractivity contribution < 1.29 is 31.1 Å². The van der Waals surface area contributed by atoms with Crippen LogP contribution >= 0.6 is 0 Å². The molecule has 0 fully saturated rings. The summed E-state index contributed by atoms with van der Waals surface area (Å²) in [5.74, 6) is 0.431. The monoisotopic (exact) mass is 587 g/mol. The van der Waals surface area contributed by atoms with E-state index in [9.17, 15) is 31.1 Å². The molecular formula is C29H23F6N5O2. The van der Waals surface area contributed by atoms with Gasteiger partial charge in [0.1, 0.15) is 35.0 Å². The van der Waals surface area contributed by atoms with Crippen LogP contribution in [0.15, 0.2) is 65.8 Å². The Morgan fingerprint density at radius 2 is 1.71 bits per heavy atom. The van der Waals surface area contributed by atoms with Gasteiger partial charge < -0.3 is 13.9 Å². The number of halogens is 6. The summed E-state index contributed by atoms with van der Waals surface area (Å²) in [6, 6.07) is 10.3. The molecule has 218 valence electrons. The Balaban J connectivity index is 1.51. The Hall–Kier alpha value is -4.68. The number of benzene rings is 1. The molecule has 0 aliphatic carbocycles. The number of rotatable bonds is 6. The minimum Gasteiger partial charge on any atom is -0.487 e. The van der Waals surface area contributed by atoms with Gasteiger partial charge in [-0.05, 0) is 49.7 Å². The fraction of sp³-hybridized carbons (Fsp3) is 0.241. The van der Waals surface area contributed by atoms with E-state index in [1.165, 1.54) is 19.4 Å². The van der Waals surface area contributed by atoms with Gasteiger partial charge in [0.15, 0.2) is 0 Å². The number of para-hydroxylation sites is 1. The van der Waals surface area contributed by atoms with Crippen molar-refractivity contribution in [1.82, 2.24) is 24.1 Å². The Labute approximate surface area is 235 Å². The number of alkyl halides is 6. The zero-order valence-electron chi connectivity index (χ0n) is 22.5. The number of pyridine rings is 3. The summed E-state index contributed by atoms with van der Waals surface area (Å²) in [5, 5.41) is 0.513. The summed E-state index contributed by atoms with van der Waals surface area (Å²) in [7, 11) is 1.29. The molecule has 0 amide bonds. The molecule has 0 unspecified atom stereocenters. The normalized spacial score (nSPS) is 12.2. The van der Waals surface area contributed by atoms with Crippen LogP contribution in [0.3, 0.4) is 0 Å². The van der Waals surface area contributed by atoms with E-state index in [1.54, 1.807) is 44.2 Å². The molecule has 0 atom stereocenters. The predicted octanol–water partition coefficient (Wildman–Crippen LogP) is 6.47. The second kappa shape index (κ2) is 10.6. The first-order valence-electron chi connectivity index (χ1n) is 12.6. The summed E-state index contributed by atoms with van der Waals surface area (Å²) in [5.41, 5.74) is -0.385. The lowest BCUT2D eigenvalue weighted by Gasteiger charge is -2.16. The number of ether oxygens (including phenoxy) is 1. The molecule has 0 aliphatic heterocycles. The third-order valence-electron chi connectivity index (χ3n) is 6.85. The van der Waals surface area contributed by atoms with Crippen LogP contribution in [0.4, 0.5) is 26.3 Å². The maximum Gasteiger partial charge on any atom is 0.433 e. The zero-order chi connectivity index (χ0) is 30.4. The van der Waals surface area contributed by atoms with Gasteiger partial charge in [-0.2, -0.15) is 26.3 Å². The van der Waals surface area contributed by atoms with Crippen molar-refractivity contribution >= 4 is 10.9 Å². The topological polar surface area (TPSA) is 74.8 Å². The lowest BCUT2D eigenvalue weighted by Crippen LogP contribution is -2.29. The zero-order valence-corrected chi connectivity index (χ0v) is 22.5. The predicted molar refractivity (Wildman–Crippen MR) is 142 cm³/mol. The van der Waals surface area contributed by atoms with Gasteiger partial charge in [0, 0.05) is 41.6 Å². The third kappa shape index (κ3) is 5.46. The van der Waals surface area contributed by atoms with Gasteiger partial charge in [0.2, 0.25) is 0 Å². The molecule has 5 rings (SSSR count). The van der Waals surface area contributed by atoms with Crippen molar-refractivity contribution in [2.45, 2.75) is 39.4 Å². The van der Waals surface area contributed by atoms with Crippen LogP contribution < -0.4 is 10.3 Å². The van der Waals surface area contributed by atoms with Gasteiger partial charge in [-0.25, -0.2) is 9.97 Å². The smallest absolute Gasteiger partial charge is 0.433 e. The molecule has 0 saturated carbocycles. The van der Waals surface area contributed by atoms with E-state index in [-0.39, 0.29) is 19.0 Å². The summed E-state index contributed by atoms with van der Waals surface area (Å²) < 4.78 is 88.2.